The number of carboxylic acids is 1. The fraction of sp³-hybridized carbons (Fsp3) is 0.267. The minimum atomic E-state index is -0.883. The van der Waals surface area contributed by atoms with Gasteiger partial charge in [0.05, 0.1) is 5.41 Å². The zero-order valence-electron chi connectivity index (χ0n) is 10.5. The maximum absolute atomic E-state index is 11.0. The van der Waals surface area contributed by atoms with Crippen LogP contribution in [0.5, 0.6) is 5.75 Å². The molecule has 2 rings (SSSR count). The number of benzene rings is 2. The molecule has 0 atom stereocenters. The highest BCUT2D eigenvalue weighted by molar-refractivity contribution is 5.83. The number of hydrogen-bond acceptors (Lipinski definition) is 2. The third-order valence-corrected chi connectivity index (χ3v) is 2.90. The maximum atomic E-state index is 11.0. The predicted octanol–water partition coefficient (Wildman–Crippen LogP) is 3.33. The van der Waals surface area contributed by atoms with Crippen LogP contribution in [0.1, 0.15) is 13.8 Å². The van der Waals surface area contributed by atoms with Gasteiger partial charge in [0, 0.05) is 0 Å². The highest BCUT2D eigenvalue weighted by Gasteiger charge is 2.28. The zero-order valence-corrected chi connectivity index (χ0v) is 10.5. The molecule has 94 valence electrons. The smallest absolute Gasteiger partial charge is 0.312 e. The standard InChI is InChI=1S/C15H16O3/c1-15(2,14(16)17)10-18-13-8-7-11-5-3-4-6-12(11)9-13/h3-9H,10H2,1-2H3,(H,16,17). The number of ether oxygens (including phenoxy) is 1. The first kappa shape index (κ1) is 12.4. The van der Waals surface area contributed by atoms with Gasteiger partial charge in [0.25, 0.3) is 0 Å². The van der Waals surface area contributed by atoms with Crippen LogP contribution in [0.15, 0.2) is 42.5 Å². The van der Waals surface area contributed by atoms with Gasteiger partial charge in [-0.3, -0.25) is 4.79 Å². The summed E-state index contributed by atoms with van der Waals surface area (Å²) in [6.07, 6.45) is 0. The van der Waals surface area contributed by atoms with E-state index in [-0.39, 0.29) is 6.61 Å². The summed E-state index contributed by atoms with van der Waals surface area (Å²) < 4.78 is 5.56. The molecule has 0 aromatic heterocycles. The van der Waals surface area contributed by atoms with Crippen molar-refractivity contribution in [2.45, 2.75) is 13.8 Å². The third-order valence-electron chi connectivity index (χ3n) is 2.90. The maximum Gasteiger partial charge on any atom is 0.312 e. The molecule has 0 heterocycles. The first-order valence-electron chi connectivity index (χ1n) is 5.84. The van der Waals surface area contributed by atoms with Crippen LogP contribution in [-0.4, -0.2) is 17.7 Å². The lowest BCUT2D eigenvalue weighted by Gasteiger charge is -2.19. The van der Waals surface area contributed by atoms with Crippen molar-refractivity contribution < 1.29 is 14.6 Å². The van der Waals surface area contributed by atoms with Gasteiger partial charge in [-0.05, 0) is 36.8 Å². The Labute approximate surface area is 106 Å². The quantitative estimate of drug-likeness (QED) is 0.897. The Morgan fingerprint density at radius 2 is 1.83 bits per heavy atom. The molecule has 0 saturated carbocycles. The first-order chi connectivity index (χ1) is 8.49. The number of hydrogen-bond donors (Lipinski definition) is 1. The zero-order chi connectivity index (χ0) is 13.2. The summed E-state index contributed by atoms with van der Waals surface area (Å²) in [5, 5.41) is 11.2. The van der Waals surface area contributed by atoms with Crippen molar-refractivity contribution in [1.29, 1.82) is 0 Å². The summed E-state index contributed by atoms with van der Waals surface area (Å²) in [5.41, 5.74) is -0.883. The number of carboxylic acid groups (broad SMARTS) is 1. The molecular formula is C15H16O3. The third kappa shape index (κ3) is 2.62. The Bertz CT molecular complexity index is 573. The molecule has 0 aliphatic rings. The van der Waals surface area contributed by atoms with Gasteiger partial charge in [-0.2, -0.15) is 0 Å². The Morgan fingerprint density at radius 3 is 2.50 bits per heavy atom. The van der Waals surface area contributed by atoms with Gasteiger partial charge >= 0.3 is 5.97 Å². The van der Waals surface area contributed by atoms with Crippen molar-refractivity contribution in [3.05, 3.63) is 42.5 Å². The summed E-state index contributed by atoms with van der Waals surface area (Å²) in [4.78, 5) is 11.0. The molecule has 0 bridgehead atoms. The molecule has 0 amide bonds. The minimum absolute atomic E-state index is 0.153. The van der Waals surface area contributed by atoms with Crippen LogP contribution in [0.3, 0.4) is 0 Å². The van der Waals surface area contributed by atoms with Crippen molar-refractivity contribution in [1.82, 2.24) is 0 Å². The fourth-order valence-electron chi connectivity index (χ4n) is 1.58. The van der Waals surface area contributed by atoms with Gasteiger partial charge in [0.15, 0.2) is 0 Å². The van der Waals surface area contributed by atoms with Crippen molar-refractivity contribution in [2.75, 3.05) is 6.61 Å². The van der Waals surface area contributed by atoms with Crippen LogP contribution in [0.25, 0.3) is 10.8 Å². The van der Waals surface area contributed by atoms with Crippen LogP contribution < -0.4 is 4.74 Å². The summed E-state index contributed by atoms with van der Waals surface area (Å²) >= 11 is 0. The molecule has 0 saturated heterocycles. The Balaban J connectivity index is 2.15. The first-order valence-corrected chi connectivity index (χ1v) is 5.84. The van der Waals surface area contributed by atoms with E-state index in [0.29, 0.717) is 5.75 Å². The molecule has 18 heavy (non-hydrogen) atoms. The summed E-state index contributed by atoms with van der Waals surface area (Å²) in [6, 6.07) is 13.7. The fourth-order valence-corrected chi connectivity index (χ4v) is 1.58. The molecule has 2 aromatic carbocycles. The highest BCUT2D eigenvalue weighted by atomic mass is 16.5. The van der Waals surface area contributed by atoms with Gasteiger partial charge < -0.3 is 9.84 Å². The number of fused-ring (bicyclic) bond motifs is 1. The van der Waals surface area contributed by atoms with E-state index in [4.69, 9.17) is 9.84 Å². The van der Waals surface area contributed by atoms with Crippen LogP contribution in [0, 0.1) is 5.41 Å². The van der Waals surface area contributed by atoms with Crippen LogP contribution in [-0.2, 0) is 4.79 Å². The summed E-state index contributed by atoms with van der Waals surface area (Å²) in [5.74, 6) is -0.161. The second-order valence-electron chi connectivity index (χ2n) is 4.99. The average molecular weight is 244 g/mol. The molecule has 0 aliphatic carbocycles. The molecule has 0 unspecified atom stereocenters. The molecule has 3 nitrogen and oxygen atoms in total. The lowest BCUT2D eigenvalue weighted by Crippen LogP contribution is -2.30. The Kier molecular flexibility index (Phi) is 3.24. The SMILES string of the molecule is CC(C)(COc1ccc2ccccc2c1)C(=O)O. The summed E-state index contributed by atoms with van der Waals surface area (Å²) in [6.45, 7) is 3.45. The molecule has 0 fully saturated rings. The van der Waals surface area contributed by atoms with Crippen LogP contribution >= 0.6 is 0 Å². The molecule has 0 aliphatic heterocycles. The topological polar surface area (TPSA) is 46.5 Å². The molecule has 2 aromatic rings. The van der Waals surface area contributed by atoms with Crippen molar-refractivity contribution in [3.63, 3.8) is 0 Å². The number of carbonyl (C=O) groups is 1. The largest absolute Gasteiger partial charge is 0.492 e. The summed E-state index contributed by atoms with van der Waals surface area (Å²) in [7, 11) is 0. The number of aliphatic carboxylic acids is 1. The molecule has 1 N–H and O–H groups in total. The highest BCUT2D eigenvalue weighted by Crippen LogP contribution is 2.23. The van der Waals surface area contributed by atoms with Crippen LogP contribution in [0.4, 0.5) is 0 Å². The van der Waals surface area contributed by atoms with Gasteiger partial charge in [0.2, 0.25) is 0 Å². The van der Waals surface area contributed by atoms with Gasteiger partial charge in [-0.15, -0.1) is 0 Å². The average Bonchev–Trinajstić information content (AvgIpc) is 2.36. The second kappa shape index (κ2) is 4.69. The van der Waals surface area contributed by atoms with Gasteiger partial charge in [-0.1, -0.05) is 30.3 Å². The molecular weight excluding hydrogens is 228 g/mol. The van der Waals surface area contributed by atoms with E-state index in [1.807, 2.05) is 42.5 Å². The molecule has 0 radical (unpaired) electrons. The van der Waals surface area contributed by atoms with E-state index in [9.17, 15) is 4.79 Å². The molecule has 0 spiro atoms. The van der Waals surface area contributed by atoms with E-state index in [1.54, 1.807) is 13.8 Å². The van der Waals surface area contributed by atoms with Crippen molar-refractivity contribution in [3.8, 4) is 5.75 Å². The van der Waals surface area contributed by atoms with E-state index in [1.165, 1.54) is 0 Å². The predicted molar refractivity (Wildman–Crippen MR) is 70.9 cm³/mol. The second-order valence-corrected chi connectivity index (χ2v) is 4.99. The lowest BCUT2D eigenvalue weighted by atomic mass is 9.95. The number of rotatable bonds is 4. The normalized spacial score (nSPS) is 11.4. The van der Waals surface area contributed by atoms with E-state index >= 15 is 0 Å². The lowest BCUT2D eigenvalue weighted by molar-refractivity contribution is -0.148. The minimum Gasteiger partial charge on any atom is -0.492 e. The van der Waals surface area contributed by atoms with E-state index in [2.05, 4.69) is 0 Å². The van der Waals surface area contributed by atoms with E-state index in [0.717, 1.165) is 10.8 Å². The van der Waals surface area contributed by atoms with Crippen LogP contribution in [0.2, 0.25) is 0 Å². The van der Waals surface area contributed by atoms with Gasteiger partial charge in [0.1, 0.15) is 12.4 Å². The monoisotopic (exact) mass is 244 g/mol. The van der Waals surface area contributed by atoms with Gasteiger partial charge in [-0.25, -0.2) is 0 Å². The van der Waals surface area contributed by atoms with Crippen molar-refractivity contribution in [2.24, 2.45) is 5.41 Å². The van der Waals surface area contributed by atoms with Crippen molar-refractivity contribution >= 4 is 16.7 Å². The Morgan fingerprint density at radius 1 is 1.17 bits per heavy atom. The van der Waals surface area contributed by atoms with E-state index < -0.39 is 11.4 Å². The Hall–Kier alpha value is -2.03. The molecule has 3 heteroatoms.